The van der Waals surface area contributed by atoms with Gasteiger partial charge in [0.25, 0.3) is 0 Å². The van der Waals surface area contributed by atoms with Gasteiger partial charge in [-0.1, -0.05) is 0 Å². The summed E-state index contributed by atoms with van der Waals surface area (Å²) in [6.07, 6.45) is -0.347. The second kappa shape index (κ2) is 14.7. The minimum absolute atomic E-state index is 0.0674. The van der Waals surface area contributed by atoms with Gasteiger partial charge in [0.15, 0.2) is 0 Å². The van der Waals surface area contributed by atoms with Crippen LogP contribution in [0.3, 0.4) is 0 Å². The molecule has 0 rings (SSSR count). The zero-order valence-electron chi connectivity index (χ0n) is 17.8. The maximum absolute atomic E-state index is 12.6. The van der Waals surface area contributed by atoms with Crippen molar-refractivity contribution in [1.29, 1.82) is 0 Å². The van der Waals surface area contributed by atoms with Gasteiger partial charge >= 0.3 is 11.9 Å². The number of aliphatic carboxylic acids is 2. The summed E-state index contributed by atoms with van der Waals surface area (Å²) in [7, 11) is 0. The van der Waals surface area contributed by atoms with Crippen LogP contribution in [-0.4, -0.2) is 76.5 Å². The minimum Gasteiger partial charge on any atom is -0.481 e. The molecule has 14 nitrogen and oxygen atoms in total. The van der Waals surface area contributed by atoms with Crippen molar-refractivity contribution in [2.45, 2.75) is 69.6 Å². The zero-order chi connectivity index (χ0) is 24.8. The summed E-state index contributed by atoms with van der Waals surface area (Å²) in [6, 6.07) is -5.20. The van der Waals surface area contributed by atoms with E-state index in [4.69, 9.17) is 22.3 Å². The number of rotatable bonds is 16. The topological polar surface area (TPSA) is 257 Å². The van der Waals surface area contributed by atoms with Crippen LogP contribution < -0.4 is 33.2 Å². The standard InChI is InChI=1S/C18H32N6O8/c1-9(20)15(28)24-12(8-14(26)27)17(30)22-10(4-2-3-7-19)16(29)23-11(18(31)32)5-6-13(21)25/h9-12H,2-8,19-20H2,1H3,(H2,21,25)(H,22,30)(H,23,29)(H,24,28)(H,26,27)(H,31,32). The molecule has 4 amide bonds. The lowest BCUT2D eigenvalue weighted by atomic mass is 10.1. The molecule has 0 bridgehead atoms. The van der Waals surface area contributed by atoms with Crippen LogP contribution in [0.1, 0.15) is 45.4 Å². The Morgan fingerprint density at radius 2 is 1.34 bits per heavy atom. The van der Waals surface area contributed by atoms with Crippen LogP contribution in [0.2, 0.25) is 0 Å². The van der Waals surface area contributed by atoms with Crippen LogP contribution >= 0.6 is 0 Å². The number of unbranched alkanes of at least 4 members (excludes halogenated alkanes) is 1. The van der Waals surface area contributed by atoms with Crippen LogP contribution in [0.15, 0.2) is 0 Å². The Morgan fingerprint density at radius 1 is 0.812 bits per heavy atom. The fourth-order valence-corrected chi connectivity index (χ4v) is 2.54. The number of carboxylic acids is 2. The highest BCUT2D eigenvalue weighted by Gasteiger charge is 2.30. The molecule has 32 heavy (non-hydrogen) atoms. The third-order valence-electron chi connectivity index (χ3n) is 4.30. The fraction of sp³-hybridized carbons (Fsp3) is 0.667. The van der Waals surface area contributed by atoms with Gasteiger partial charge in [0, 0.05) is 6.42 Å². The largest absolute Gasteiger partial charge is 0.481 e. The Morgan fingerprint density at radius 3 is 1.81 bits per heavy atom. The lowest BCUT2D eigenvalue weighted by Crippen LogP contribution is -2.57. The van der Waals surface area contributed by atoms with E-state index in [1.165, 1.54) is 6.92 Å². The molecule has 14 heteroatoms. The van der Waals surface area contributed by atoms with Crippen molar-refractivity contribution in [2.75, 3.05) is 6.54 Å². The summed E-state index contributed by atoms with van der Waals surface area (Å²) in [6.45, 7) is 1.65. The zero-order valence-corrected chi connectivity index (χ0v) is 17.8. The third kappa shape index (κ3) is 11.8. The first kappa shape index (κ1) is 28.7. The molecule has 0 aliphatic carbocycles. The Bertz CT molecular complexity index is 699. The van der Waals surface area contributed by atoms with E-state index in [0.29, 0.717) is 19.4 Å². The summed E-state index contributed by atoms with van der Waals surface area (Å²) in [4.78, 5) is 70.4. The number of carbonyl (C=O) groups excluding carboxylic acids is 4. The normalized spacial score (nSPS) is 14.3. The molecule has 0 saturated heterocycles. The van der Waals surface area contributed by atoms with E-state index in [9.17, 15) is 33.9 Å². The van der Waals surface area contributed by atoms with Gasteiger partial charge in [0.2, 0.25) is 23.6 Å². The second-order valence-electron chi connectivity index (χ2n) is 7.20. The number of amides is 4. The van der Waals surface area contributed by atoms with Crippen LogP contribution in [0, 0.1) is 0 Å². The van der Waals surface area contributed by atoms with E-state index in [1.54, 1.807) is 0 Å². The smallest absolute Gasteiger partial charge is 0.326 e. The van der Waals surface area contributed by atoms with E-state index in [1.807, 2.05) is 0 Å². The van der Waals surface area contributed by atoms with Gasteiger partial charge in [-0.05, 0) is 39.2 Å². The first-order chi connectivity index (χ1) is 14.9. The number of nitrogens with two attached hydrogens (primary N) is 3. The molecule has 0 heterocycles. The van der Waals surface area contributed by atoms with Crippen LogP contribution in [0.4, 0.5) is 0 Å². The van der Waals surface area contributed by atoms with Crippen molar-refractivity contribution in [3.63, 3.8) is 0 Å². The summed E-state index contributed by atoms with van der Waals surface area (Å²) < 4.78 is 0. The summed E-state index contributed by atoms with van der Waals surface area (Å²) >= 11 is 0. The van der Waals surface area contributed by atoms with Crippen molar-refractivity contribution < 1.29 is 39.0 Å². The number of carboxylic acid groups (broad SMARTS) is 2. The molecule has 4 atom stereocenters. The van der Waals surface area contributed by atoms with Crippen LogP contribution in [0.5, 0.6) is 0 Å². The maximum atomic E-state index is 12.6. The van der Waals surface area contributed by atoms with Gasteiger partial charge in [-0.3, -0.25) is 24.0 Å². The van der Waals surface area contributed by atoms with Crippen molar-refractivity contribution >= 4 is 35.6 Å². The Kier molecular flexibility index (Phi) is 13.2. The van der Waals surface area contributed by atoms with Crippen molar-refractivity contribution in [2.24, 2.45) is 17.2 Å². The Labute approximate surface area is 184 Å². The highest BCUT2D eigenvalue weighted by atomic mass is 16.4. The van der Waals surface area contributed by atoms with Gasteiger partial charge in [0.1, 0.15) is 18.1 Å². The monoisotopic (exact) mass is 460 g/mol. The Hall–Kier alpha value is -3.26. The van der Waals surface area contributed by atoms with Gasteiger partial charge < -0.3 is 43.4 Å². The molecule has 0 aromatic carbocycles. The maximum Gasteiger partial charge on any atom is 0.326 e. The second-order valence-corrected chi connectivity index (χ2v) is 7.20. The summed E-state index contributed by atoms with van der Waals surface area (Å²) in [5.41, 5.74) is 15.9. The molecule has 182 valence electrons. The Balaban J connectivity index is 5.45. The number of hydrogen-bond acceptors (Lipinski definition) is 8. The molecule has 11 N–H and O–H groups in total. The summed E-state index contributed by atoms with van der Waals surface area (Å²) in [5.74, 6) is -6.12. The van der Waals surface area contributed by atoms with Crippen LogP contribution in [0.25, 0.3) is 0 Å². The van der Waals surface area contributed by atoms with Crippen molar-refractivity contribution in [3.05, 3.63) is 0 Å². The van der Waals surface area contributed by atoms with E-state index in [-0.39, 0.29) is 19.3 Å². The molecule has 0 aromatic heterocycles. The molecule has 4 unspecified atom stereocenters. The van der Waals surface area contributed by atoms with E-state index >= 15 is 0 Å². The first-order valence-electron chi connectivity index (χ1n) is 9.98. The van der Waals surface area contributed by atoms with E-state index in [2.05, 4.69) is 16.0 Å². The SMILES string of the molecule is CC(N)C(=O)NC(CC(=O)O)C(=O)NC(CCCCN)C(=O)NC(CCC(N)=O)C(=O)O. The molecule has 0 spiro atoms. The number of carbonyl (C=O) groups is 6. The molecule has 0 fully saturated rings. The lowest BCUT2D eigenvalue weighted by Gasteiger charge is -2.24. The third-order valence-corrected chi connectivity index (χ3v) is 4.30. The molecule has 0 radical (unpaired) electrons. The van der Waals surface area contributed by atoms with Crippen molar-refractivity contribution in [3.8, 4) is 0 Å². The van der Waals surface area contributed by atoms with E-state index in [0.717, 1.165) is 0 Å². The highest BCUT2D eigenvalue weighted by molar-refractivity contribution is 5.95. The number of primary amides is 1. The molecule has 0 saturated carbocycles. The number of hydrogen-bond donors (Lipinski definition) is 8. The van der Waals surface area contributed by atoms with Gasteiger partial charge in [-0.15, -0.1) is 0 Å². The van der Waals surface area contributed by atoms with Crippen molar-refractivity contribution in [1.82, 2.24) is 16.0 Å². The molecule has 0 aliphatic heterocycles. The van der Waals surface area contributed by atoms with E-state index < -0.39 is 66.2 Å². The van der Waals surface area contributed by atoms with Gasteiger partial charge in [-0.25, -0.2) is 4.79 Å². The highest BCUT2D eigenvalue weighted by Crippen LogP contribution is 2.06. The molecular weight excluding hydrogens is 428 g/mol. The lowest BCUT2D eigenvalue weighted by molar-refractivity contribution is -0.143. The predicted molar refractivity (Wildman–Crippen MR) is 111 cm³/mol. The van der Waals surface area contributed by atoms with Crippen LogP contribution in [-0.2, 0) is 28.8 Å². The fourth-order valence-electron chi connectivity index (χ4n) is 2.54. The quantitative estimate of drug-likeness (QED) is 0.107. The minimum atomic E-state index is -1.51. The number of nitrogens with one attached hydrogen (secondary N) is 3. The van der Waals surface area contributed by atoms with Gasteiger partial charge in [-0.2, -0.15) is 0 Å². The average molecular weight is 460 g/mol. The summed E-state index contributed by atoms with van der Waals surface area (Å²) in [5, 5.41) is 25.0. The van der Waals surface area contributed by atoms with Gasteiger partial charge in [0.05, 0.1) is 12.5 Å². The molecule has 0 aliphatic rings. The molecule has 0 aromatic rings. The average Bonchev–Trinajstić information content (AvgIpc) is 2.68. The first-order valence-corrected chi connectivity index (χ1v) is 9.98. The molecular formula is C18H32N6O8. The predicted octanol–water partition coefficient (Wildman–Crippen LogP) is -3.26.